The number of hydrogen-bond donors (Lipinski definition) is 3. The van der Waals surface area contributed by atoms with Crippen LogP contribution in [0.5, 0.6) is 0 Å². The standard InChI is InChI=1S/C12H17N3O2/c13-11-9(12(14)17)10(16)8-5-6-3-1-2-4-7(6)15(8)11/h6-8,13,16H,1-5H2,(H2,14,17)/t6-,7+,8-/m0/s1. The second kappa shape index (κ2) is 3.48. The maximum Gasteiger partial charge on any atom is 0.255 e. The van der Waals surface area contributed by atoms with Crippen molar-refractivity contribution >= 4 is 11.7 Å². The third kappa shape index (κ3) is 1.31. The Balaban J connectivity index is 1.96. The van der Waals surface area contributed by atoms with Crippen molar-refractivity contribution in [3.63, 3.8) is 0 Å². The zero-order valence-corrected chi connectivity index (χ0v) is 9.65. The fourth-order valence-corrected chi connectivity index (χ4v) is 3.69. The number of fused-ring (bicyclic) bond motifs is 3. The number of aliphatic hydroxyl groups is 1. The van der Waals surface area contributed by atoms with Crippen LogP contribution in [0.25, 0.3) is 0 Å². The molecule has 3 aliphatic rings. The normalized spacial score (nSPS) is 36.1. The van der Waals surface area contributed by atoms with Crippen LogP contribution in [0.4, 0.5) is 0 Å². The Bertz CT molecular complexity index is 429. The first-order chi connectivity index (χ1) is 8.11. The summed E-state index contributed by atoms with van der Waals surface area (Å²) in [4.78, 5) is 13.2. The highest BCUT2D eigenvalue weighted by molar-refractivity contribution is 6.21. The first-order valence-electron chi connectivity index (χ1n) is 6.21. The minimum absolute atomic E-state index is 0.0249. The largest absolute Gasteiger partial charge is 0.509 e. The number of primary amides is 1. The Morgan fingerprint density at radius 1 is 1.41 bits per heavy atom. The molecular formula is C12H17N3O2. The second-order valence-corrected chi connectivity index (χ2v) is 5.24. The lowest BCUT2D eigenvalue weighted by Gasteiger charge is -2.32. The third-order valence-corrected chi connectivity index (χ3v) is 4.40. The molecule has 4 N–H and O–H groups in total. The van der Waals surface area contributed by atoms with Crippen LogP contribution < -0.4 is 5.73 Å². The van der Waals surface area contributed by atoms with Crippen LogP contribution in [0, 0.1) is 11.3 Å². The Morgan fingerprint density at radius 2 is 2.12 bits per heavy atom. The second-order valence-electron chi connectivity index (χ2n) is 5.24. The summed E-state index contributed by atoms with van der Waals surface area (Å²) < 4.78 is 0. The van der Waals surface area contributed by atoms with Gasteiger partial charge in [0.2, 0.25) is 0 Å². The van der Waals surface area contributed by atoms with Gasteiger partial charge in [-0.1, -0.05) is 12.8 Å². The molecule has 5 heteroatoms. The molecule has 0 spiro atoms. The molecule has 2 aliphatic heterocycles. The molecule has 0 bridgehead atoms. The SMILES string of the molecule is N=C1C(C(N)=O)=C(O)[C@@H]2C[C@@H]3CCCC[C@H]3N12. The lowest BCUT2D eigenvalue weighted by molar-refractivity contribution is -0.114. The molecule has 2 fully saturated rings. The van der Waals surface area contributed by atoms with Crippen LogP contribution in [0.2, 0.25) is 0 Å². The van der Waals surface area contributed by atoms with E-state index < -0.39 is 5.91 Å². The Kier molecular flexibility index (Phi) is 2.18. The number of amides is 1. The number of nitrogens with two attached hydrogens (primary N) is 1. The first kappa shape index (κ1) is 10.6. The van der Waals surface area contributed by atoms with Crippen molar-refractivity contribution in [3.8, 4) is 0 Å². The highest BCUT2D eigenvalue weighted by Gasteiger charge is 2.51. The maximum absolute atomic E-state index is 11.3. The maximum atomic E-state index is 11.3. The molecule has 0 radical (unpaired) electrons. The molecule has 5 nitrogen and oxygen atoms in total. The van der Waals surface area contributed by atoms with Crippen LogP contribution in [0.1, 0.15) is 32.1 Å². The molecule has 1 aliphatic carbocycles. The van der Waals surface area contributed by atoms with Gasteiger partial charge >= 0.3 is 0 Å². The number of nitrogens with zero attached hydrogens (tertiary/aromatic N) is 1. The van der Waals surface area contributed by atoms with Gasteiger partial charge in [-0.25, -0.2) is 0 Å². The molecule has 17 heavy (non-hydrogen) atoms. The van der Waals surface area contributed by atoms with Crippen LogP contribution in [-0.2, 0) is 4.79 Å². The molecule has 0 aromatic carbocycles. The number of hydrogen-bond acceptors (Lipinski definition) is 3. The molecule has 1 amide bonds. The summed E-state index contributed by atoms with van der Waals surface area (Å²) >= 11 is 0. The van der Waals surface area contributed by atoms with E-state index in [1.807, 2.05) is 4.90 Å². The van der Waals surface area contributed by atoms with E-state index in [1.54, 1.807) is 0 Å². The molecule has 1 saturated carbocycles. The highest BCUT2D eigenvalue weighted by Crippen LogP contribution is 2.45. The average Bonchev–Trinajstić information content (AvgIpc) is 2.76. The predicted molar refractivity (Wildman–Crippen MR) is 62.6 cm³/mol. The molecule has 0 unspecified atom stereocenters. The van der Waals surface area contributed by atoms with E-state index in [-0.39, 0.29) is 23.2 Å². The molecule has 1 saturated heterocycles. The summed E-state index contributed by atoms with van der Waals surface area (Å²) in [6, 6.07) is 0.151. The van der Waals surface area contributed by atoms with Gasteiger partial charge in [0.05, 0.1) is 6.04 Å². The molecular weight excluding hydrogens is 218 g/mol. The Labute approximate surface area is 99.8 Å². The molecule has 2 heterocycles. The van der Waals surface area contributed by atoms with E-state index in [0.29, 0.717) is 12.0 Å². The van der Waals surface area contributed by atoms with Crippen LogP contribution in [-0.4, -0.2) is 33.8 Å². The Morgan fingerprint density at radius 3 is 2.82 bits per heavy atom. The lowest BCUT2D eigenvalue weighted by atomic mass is 9.84. The summed E-state index contributed by atoms with van der Waals surface area (Å²) in [5.41, 5.74) is 5.25. The van der Waals surface area contributed by atoms with Gasteiger partial charge in [-0.15, -0.1) is 0 Å². The van der Waals surface area contributed by atoms with Crippen molar-refractivity contribution < 1.29 is 9.90 Å². The van der Waals surface area contributed by atoms with Gasteiger partial charge in [0.25, 0.3) is 5.91 Å². The van der Waals surface area contributed by atoms with Crippen LogP contribution in [0.3, 0.4) is 0 Å². The van der Waals surface area contributed by atoms with Gasteiger partial charge in [0.1, 0.15) is 17.2 Å². The van der Waals surface area contributed by atoms with E-state index in [1.165, 1.54) is 19.3 Å². The van der Waals surface area contributed by atoms with E-state index in [9.17, 15) is 9.90 Å². The number of amidine groups is 1. The zero-order chi connectivity index (χ0) is 12.2. The molecule has 3 rings (SSSR count). The fourth-order valence-electron chi connectivity index (χ4n) is 3.69. The van der Waals surface area contributed by atoms with Gasteiger partial charge in [0, 0.05) is 6.04 Å². The number of aliphatic hydroxyl groups excluding tert-OH is 1. The van der Waals surface area contributed by atoms with Crippen molar-refractivity contribution in [1.82, 2.24) is 4.90 Å². The number of carbonyl (C=O) groups is 1. The van der Waals surface area contributed by atoms with E-state index in [0.717, 1.165) is 12.8 Å². The third-order valence-electron chi connectivity index (χ3n) is 4.40. The van der Waals surface area contributed by atoms with Crippen LogP contribution >= 0.6 is 0 Å². The molecule has 92 valence electrons. The van der Waals surface area contributed by atoms with E-state index in [2.05, 4.69) is 0 Å². The van der Waals surface area contributed by atoms with Gasteiger partial charge < -0.3 is 15.7 Å². The van der Waals surface area contributed by atoms with E-state index >= 15 is 0 Å². The minimum Gasteiger partial charge on any atom is -0.509 e. The number of carbonyl (C=O) groups excluding carboxylic acids is 1. The van der Waals surface area contributed by atoms with Crippen LogP contribution in [0.15, 0.2) is 11.3 Å². The molecule has 0 aromatic rings. The average molecular weight is 235 g/mol. The summed E-state index contributed by atoms with van der Waals surface area (Å²) in [5, 5.41) is 18.1. The summed E-state index contributed by atoms with van der Waals surface area (Å²) in [7, 11) is 0. The monoisotopic (exact) mass is 235 g/mol. The lowest BCUT2D eigenvalue weighted by Crippen LogP contribution is -2.40. The van der Waals surface area contributed by atoms with E-state index in [4.69, 9.17) is 11.1 Å². The van der Waals surface area contributed by atoms with Gasteiger partial charge in [-0.05, 0) is 25.2 Å². The summed E-state index contributed by atoms with van der Waals surface area (Å²) in [6.07, 6.45) is 5.50. The first-order valence-corrected chi connectivity index (χ1v) is 6.21. The van der Waals surface area contributed by atoms with Crippen molar-refractivity contribution in [2.45, 2.75) is 44.2 Å². The minimum atomic E-state index is -0.686. The number of nitrogens with one attached hydrogen (secondary N) is 1. The fraction of sp³-hybridized carbons (Fsp3) is 0.667. The van der Waals surface area contributed by atoms with Crippen molar-refractivity contribution in [2.24, 2.45) is 11.7 Å². The smallest absolute Gasteiger partial charge is 0.255 e. The summed E-state index contributed by atoms with van der Waals surface area (Å²) in [5.74, 6) is 0.0336. The Hall–Kier alpha value is -1.52. The van der Waals surface area contributed by atoms with Crippen molar-refractivity contribution in [2.75, 3.05) is 0 Å². The quantitative estimate of drug-likeness (QED) is 0.631. The number of rotatable bonds is 1. The molecule has 3 atom stereocenters. The van der Waals surface area contributed by atoms with Gasteiger partial charge in [-0.2, -0.15) is 0 Å². The highest BCUT2D eigenvalue weighted by atomic mass is 16.3. The van der Waals surface area contributed by atoms with Crippen molar-refractivity contribution in [3.05, 3.63) is 11.3 Å². The molecule has 0 aromatic heterocycles. The van der Waals surface area contributed by atoms with Gasteiger partial charge in [0.15, 0.2) is 0 Å². The van der Waals surface area contributed by atoms with Crippen molar-refractivity contribution in [1.29, 1.82) is 5.41 Å². The zero-order valence-electron chi connectivity index (χ0n) is 9.65. The topological polar surface area (TPSA) is 90.4 Å². The van der Waals surface area contributed by atoms with Gasteiger partial charge in [-0.3, -0.25) is 10.2 Å². The predicted octanol–water partition coefficient (Wildman–Crippen LogP) is 0.908. The summed E-state index contributed by atoms with van der Waals surface area (Å²) in [6.45, 7) is 0.